The molecule has 0 fully saturated rings. The molecule has 0 amide bonds. The van der Waals surface area contributed by atoms with Gasteiger partial charge in [-0.3, -0.25) is 10.1 Å². The van der Waals surface area contributed by atoms with Crippen molar-refractivity contribution in [2.24, 2.45) is 0 Å². The molecule has 88 valence electrons. The maximum Gasteiger partial charge on any atom is 0.283 e. The number of nitrogens with zero attached hydrogens (tertiary/aromatic N) is 1. The fraction of sp³-hybridized carbons (Fsp3) is 0.167. The predicted octanol–water partition coefficient (Wildman–Crippen LogP) is 3.97. The minimum Gasteiger partial charge on any atom is -0.458 e. The predicted molar refractivity (Wildman–Crippen MR) is 67.9 cm³/mol. The lowest BCUT2D eigenvalue weighted by molar-refractivity contribution is -0.385. The molecule has 1 aliphatic carbocycles. The first-order chi connectivity index (χ1) is 8.16. The van der Waals surface area contributed by atoms with Gasteiger partial charge in [-0.25, -0.2) is 0 Å². The quantitative estimate of drug-likeness (QED) is 0.626. The van der Waals surface area contributed by atoms with Gasteiger partial charge in [-0.15, -0.1) is 0 Å². The Bertz CT molecular complexity index is 508. The second-order valence-corrected chi connectivity index (χ2v) is 4.41. The second-order valence-electron chi connectivity index (χ2n) is 3.56. The largest absolute Gasteiger partial charge is 0.458 e. The Hall–Kier alpha value is -1.62. The number of rotatable bonds is 3. The fourth-order valence-corrected chi connectivity index (χ4v) is 2.00. The summed E-state index contributed by atoms with van der Waals surface area (Å²) in [4.78, 5) is 10.2. The van der Waals surface area contributed by atoms with Crippen LogP contribution in [0.3, 0.4) is 0 Å². The van der Waals surface area contributed by atoms with E-state index in [9.17, 15) is 10.1 Å². The number of hydrogen-bond acceptors (Lipinski definition) is 3. The van der Waals surface area contributed by atoms with E-state index in [0.29, 0.717) is 10.2 Å². The molecule has 0 saturated heterocycles. The van der Waals surface area contributed by atoms with E-state index >= 15 is 0 Å². The summed E-state index contributed by atoms with van der Waals surface area (Å²) in [6.07, 6.45) is 7.92. The Morgan fingerprint density at radius 3 is 2.76 bits per heavy atom. The monoisotopic (exact) mass is 295 g/mol. The second kappa shape index (κ2) is 5.14. The Kier molecular flexibility index (Phi) is 3.58. The summed E-state index contributed by atoms with van der Waals surface area (Å²) in [7, 11) is 0. The zero-order valence-electron chi connectivity index (χ0n) is 8.93. The highest BCUT2D eigenvalue weighted by Gasteiger charge is 2.12. The number of nitro benzene ring substituents is 1. The Morgan fingerprint density at radius 1 is 1.35 bits per heavy atom. The standard InChI is InChI=1S/C12H10BrNO3/c13-11-8-10(6-7-12(11)14(15)16)17-9-4-2-1-3-5-9/h2,4-8H,1,3H2. The first-order valence-electron chi connectivity index (χ1n) is 5.15. The summed E-state index contributed by atoms with van der Waals surface area (Å²) < 4.78 is 6.01. The van der Waals surface area contributed by atoms with Crippen LogP contribution < -0.4 is 4.74 Å². The highest BCUT2D eigenvalue weighted by molar-refractivity contribution is 9.10. The molecule has 0 aliphatic heterocycles. The molecule has 0 bridgehead atoms. The SMILES string of the molecule is O=[N+]([O-])c1ccc(OC2=CCCC=C2)cc1Br. The van der Waals surface area contributed by atoms with E-state index in [2.05, 4.69) is 15.9 Å². The lowest BCUT2D eigenvalue weighted by Gasteiger charge is -2.09. The molecular formula is C12H10BrNO3. The summed E-state index contributed by atoms with van der Waals surface area (Å²) in [5.41, 5.74) is 0.0329. The van der Waals surface area contributed by atoms with Gasteiger partial charge in [0.1, 0.15) is 11.5 Å². The summed E-state index contributed by atoms with van der Waals surface area (Å²) in [6, 6.07) is 4.61. The Morgan fingerprint density at radius 2 is 2.18 bits per heavy atom. The molecule has 1 aliphatic rings. The molecule has 0 atom stereocenters. The van der Waals surface area contributed by atoms with Crippen LogP contribution in [0.1, 0.15) is 12.8 Å². The molecular weight excluding hydrogens is 286 g/mol. The van der Waals surface area contributed by atoms with Crippen LogP contribution in [0.25, 0.3) is 0 Å². The van der Waals surface area contributed by atoms with Crippen LogP contribution in [0.4, 0.5) is 5.69 Å². The first-order valence-corrected chi connectivity index (χ1v) is 5.94. The maximum absolute atomic E-state index is 10.6. The zero-order valence-corrected chi connectivity index (χ0v) is 10.5. The lowest BCUT2D eigenvalue weighted by atomic mass is 10.2. The molecule has 0 N–H and O–H groups in total. The average molecular weight is 296 g/mol. The van der Waals surface area contributed by atoms with Crippen LogP contribution in [-0.4, -0.2) is 4.92 Å². The van der Waals surface area contributed by atoms with Crippen molar-refractivity contribution < 1.29 is 9.66 Å². The van der Waals surface area contributed by atoms with Crippen molar-refractivity contribution in [1.82, 2.24) is 0 Å². The van der Waals surface area contributed by atoms with E-state index < -0.39 is 4.92 Å². The summed E-state index contributed by atoms with van der Waals surface area (Å²) in [6.45, 7) is 0. The highest BCUT2D eigenvalue weighted by atomic mass is 79.9. The summed E-state index contributed by atoms with van der Waals surface area (Å²) in [5, 5.41) is 10.6. The minimum atomic E-state index is -0.437. The van der Waals surface area contributed by atoms with E-state index in [0.717, 1.165) is 18.6 Å². The lowest BCUT2D eigenvalue weighted by Crippen LogP contribution is -1.96. The number of nitro groups is 1. The molecule has 0 spiro atoms. The zero-order chi connectivity index (χ0) is 12.3. The molecule has 5 heteroatoms. The van der Waals surface area contributed by atoms with Gasteiger partial charge in [-0.2, -0.15) is 0 Å². The van der Waals surface area contributed by atoms with Crippen molar-refractivity contribution in [3.63, 3.8) is 0 Å². The molecule has 1 aromatic rings. The van der Waals surface area contributed by atoms with Gasteiger partial charge in [0, 0.05) is 12.1 Å². The number of hydrogen-bond donors (Lipinski definition) is 0. The molecule has 0 heterocycles. The van der Waals surface area contributed by atoms with Crippen molar-refractivity contribution >= 4 is 21.6 Å². The van der Waals surface area contributed by atoms with Crippen LogP contribution in [0.5, 0.6) is 5.75 Å². The van der Waals surface area contributed by atoms with Gasteiger partial charge in [-0.1, -0.05) is 6.08 Å². The maximum atomic E-state index is 10.6. The Labute approximate surface area is 107 Å². The van der Waals surface area contributed by atoms with Crippen LogP contribution in [0, 0.1) is 10.1 Å². The van der Waals surface area contributed by atoms with E-state index in [4.69, 9.17) is 4.74 Å². The van der Waals surface area contributed by atoms with Crippen molar-refractivity contribution in [1.29, 1.82) is 0 Å². The molecule has 1 aromatic carbocycles. The van der Waals surface area contributed by atoms with Crippen LogP contribution in [-0.2, 0) is 0 Å². The third kappa shape index (κ3) is 2.94. The number of halogens is 1. The van der Waals surface area contributed by atoms with Gasteiger partial charge in [0.15, 0.2) is 0 Å². The van der Waals surface area contributed by atoms with Crippen molar-refractivity contribution in [3.8, 4) is 5.75 Å². The van der Waals surface area contributed by atoms with Crippen LogP contribution in [0.2, 0.25) is 0 Å². The number of benzene rings is 1. The topological polar surface area (TPSA) is 52.4 Å². The first kappa shape index (κ1) is 11.9. The van der Waals surface area contributed by atoms with Gasteiger partial charge in [-0.05, 0) is 47.0 Å². The summed E-state index contributed by atoms with van der Waals surface area (Å²) >= 11 is 3.15. The van der Waals surface area contributed by atoms with Crippen molar-refractivity contribution in [2.75, 3.05) is 0 Å². The van der Waals surface area contributed by atoms with E-state index in [1.54, 1.807) is 12.1 Å². The van der Waals surface area contributed by atoms with E-state index in [1.807, 2.05) is 18.2 Å². The number of allylic oxidation sites excluding steroid dienone is 3. The van der Waals surface area contributed by atoms with Crippen molar-refractivity contribution in [2.45, 2.75) is 12.8 Å². The molecule has 0 aromatic heterocycles. The molecule has 4 nitrogen and oxygen atoms in total. The van der Waals surface area contributed by atoms with E-state index in [-0.39, 0.29) is 5.69 Å². The van der Waals surface area contributed by atoms with Gasteiger partial charge < -0.3 is 4.74 Å². The van der Waals surface area contributed by atoms with Crippen LogP contribution >= 0.6 is 15.9 Å². The minimum absolute atomic E-state index is 0.0329. The van der Waals surface area contributed by atoms with Crippen molar-refractivity contribution in [3.05, 3.63) is 56.8 Å². The third-order valence-corrected chi connectivity index (χ3v) is 2.95. The molecule has 0 saturated carbocycles. The average Bonchev–Trinajstić information content (AvgIpc) is 2.30. The summed E-state index contributed by atoms with van der Waals surface area (Å²) in [5.74, 6) is 1.36. The normalized spacial score (nSPS) is 14.3. The van der Waals surface area contributed by atoms with Gasteiger partial charge in [0.05, 0.1) is 9.40 Å². The molecule has 0 radical (unpaired) electrons. The molecule has 0 unspecified atom stereocenters. The highest BCUT2D eigenvalue weighted by Crippen LogP contribution is 2.30. The van der Waals surface area contributed by atoms with Gasteiger partial charge in [0.2, 0.25) is 0 Å². The van der Waals surface area contributed by atoms with Gasteiger partial charge in [0.25, 0.3) is 5.69 Å². The molecule has 2 rings (SSSR count). The van der Waals surface area contributed by atoms with Crippen LogP contribution in [0.15, 0.2) is 46.7 Å². The van der Waals surface area contributed by atoms with Gasteiger partial charge >= 0.3 is 0 Å². The molecule has 17 heavy (non-hydrogen) atoms. The number of ether oxygens (including phenoxy) is 1. The smallest absolute Gasteiger partial charge is 0.283 e. The Balaban J connectivity index is 2.18. The third-order valence-electron chi connectivity index (χ3n) is 2.31. The van der Waals surface area contributed by atoms with E-state index in [1.165, 1.54) is 6.07 Å². The fourth-order valence-electron chi connectivity index (χ4n) is 1.50.